The molecule has 0 unspecified atom stereocenters. The SMILES string of the molecule is O=c1ccc(-n2cccn2)nn1CCN1CCN(c2nncc3ccoc23)CC1. The summed E-state index contributed by atoms with van der Waals surface area (Å²) in [7, 11) is 0. The average molecular weight is 392 g/mol. The van der Waals surface area contributed by atoms with Crippen LogP contribution in [0.15, 0.2) is 58.3 Å². The van der Waals surface area contributed by atoms with Gasteiger partial charge in [-0.05, 0) is 18.2 Å². The molecule has 5 heterocycles. The van der Waals surface area contributed by atoms with Crippen molar-refractivity contribution in [2.45, 2.75) is 6.54 Å². The number of hydrogen-bond donors (Lipinski definition) is 0. The van der Waals surface area contributed by atoms with Gasteiger partial charge in [-0.25, -0.2) is 9.36 Å². The van der Waals surface area contributed by atoms with Crippen LogP contribution in [0.4, 0.5) is 5.82 Å². The van der Waals surface area contributed by atoms with Crippen molar-refractivity contribution in [2.75, 3.05) is 37.6 Å². The third kappa shape index (κ3) is 3.49. The molecule has 10 nitrogen and oxygen atoms in total. The lowest BCUT2D eigenvalue weighted by atomic mass is 10.3. The summed E-state index contributed by atoms with van der Waals surface area (Å²) >= 11 is 0. The van der Waals surface area contributed by atoms with Gasteiger partial charge in [0.05, 0.1) is 19.0 Å². The van der Waals surface area contributed by atoms with Gasteiger partial charge in [-0.15, -0.1) is 10.2 Å². The van der Waals surface area contributed by atoms with Crippen LogP contribution in [0.3, 0.4) is 0 Å². The monoisotopic (exact) mass is 392 g/mol. The molecule has 0 aliphatic carbocycles. The molecule has 4 aromatic rings. The Morgan fingerprint density at radius 3 is 2.79 bits per heavy atom. The van der Waals surface area contributed by atoms with Gasteiger partial charge in [-0.3, -0.25) is 9.69 Å². The summed E-state index contributed by atoms with van der Waals surface area (Å²) in [5.41, 5.74) is 0.666. The molecule has 4 aromatic heterocycles. The normalized spacial score (nSPS) is 15.2. The molecule has 0 amide bonds. The van der Waals surface area contributed by atoms with Crippen molar-refractivity contribution < 1.29 is 4.42 Å². The summed E-state index contributed by atoms with van der Waals surface area (Å²) in [5.74, 6) is 1.42. The van der Waals surface area contributed by atoms with Crippen molar-refractivity contribution >= 4 is 16.8 Å². The molecular formula is C19H20N8O2. The minimum atomic E-state index is -0.112. The average Bonchev–Trinajstić information content (AvgIpc) is 3.45. The van der Waals surface area contributed by atoms with Crippen LogP contribution in [0, 0.1) is 0 Å². The van der Waals surface area contributed by atoms with Gasteiger partial charge in [0.1, 0.15) is 0 Å². The molecule has 1 aliphatic rings. The summed E-state index contributed by atoms with van der Waals surface area (Å²) in [5, 5.41) is 17.9. The van der Waals surface area contributed by atoms with Crippen molar-refractivity contribution in [1.29, 1.82) is 0 Å². The first-order valence-corrected chi connectivity index (χ1v) is 9.52. The van der Waals surface area contributed by atoms with Crippen LogP contribution in [0.1, 0.15) is 0 Å². The molecule has 10 heteroatoms. The zero-order valence-corrected chi connectivity index (χ0v) is 15.8. The molecule has 1 fully saturated rings. The number of fused-ring (bicyclic) bond motifs is 1. The van der Waals surface area contributed by atoms with Gasteiger partial charge in [-0.2, -0.15) is 10.2 Å². The Kier molecular flexibility index (Phi) is 4.53. The number of nitrogens with zero attached hydrogens (tertiary/aromatic N) is 8. The van der Waals surface area contributed by atoms with Gasteiger partial charge in [0, 0.05) is 56.6 Å². The summed E-state index contributed by atoms with van der Waals surface area (Å²) in [6.07, 6.45) is 6.86. The van der Waals surface area contributed by atoms with Gasteiger partial charge in [0.15, 0.2) is 17.2 Å². The molecule has 0 bridgehead atoms. The van der Waals surface area contributed by atoms with Crippen LogP contribution in [-0.2, 0) is 6.54 Å². The lowest BCUT2D eigenvalue weighted by molar-refractivity contribution is 0.242. The minimum absolute atomic E-state index is 0.112. The van der Waals surface area contributed by atoms with Crippen molar-refractivity contribution in [2.24, 2.45) is 0 Å². The minimum Gasteiger partial charge on any atom is -0.460 e. The molecule has 0 atom stereocenters. The maximum absolute atomic E-state index is 12.2. The second kappa shape index (κ2) is 7.47. The van der Waals surface area contributed by atoms with Gasteiger partial charge in [-0.1, -0.05) is 0 Å². The number of furan rings is 1. The van der Waals surface area contributed by atoms with Crippen molar-refractivity contribution in [1.82, 2.24) is 34.7 Å². The Hall–Kier alpha value is -3.53. The Labute approximate surface area is 166 Å². The molecule has 29 heavy (non-hydrogen) atoms. The zero-order valence-electron chi connectivity index (χ0n) is 15.8. The molecule has 0 aromatic carbocycles. The van der Waals surface area contributed by atoms with E-state index in [4.69, 9.17) is 4.42 Å². The molecule has 1 aliphatic heterocycles. The smallest absolute Gasteiger partial charge is 0.266 e. The van der Waals surface area contributed by atoms with Crippen LogP contribution in [-0.4, -0.2) is 67.4 Å². The topological polar surface area (TPSA) is 98.1 Å². The largest absolute Gasteiger partial charge is 0.460 e. The quantitative estimate of drug-likeness (QED) is 0.492. The van der Waals surface area contributed by atoms with E-state index in [1.54, 1.807) is 35.6 Å². The van der Waals surface area contributed by atoms with Gasteiger partial charge in [0.25, 0.3) is 5.56 Å². The highest BCUT2D eigenvalue weighted by Gasteiger charge is 2.21. The first-order chi connectivity index (χ1) is 14.3. The highest BCUT2D eigenvalue weighted by molar-refractivity contribution is 5.86. The number of aromatic nitrogens is 6. The standard InChI is InChI=1S/C19H20N8O2/c28-17-3-2-16(26-6-1-5-21-26)23-27(17)12-9-24-7-10-25(11-8-24)19-18-15(4-13-29-18)14-20-22-19/h1-6,13-14H,7-12H2. The maximum Gasteiger partial charge on any atom is 0.266 e. The van der Waals surface area contributed by atoms with Crippen molar-refractivity contribution in [3.63, 3.8) is 0 Å². The number of rotatable bonds is 5. The van der Waals surface area contributed by atoms with Crippen LogP contribution in [0.5, 0.6) is 0 Å². The van der Waals surface area contributed by atoms with E-state index < -0.39 is 0 Å². The number of piperazine rings is 1. The van der Waals surface area contributed by atoms with Gasteiger partial charge < -0.3 is 9.32 Å². The number of anilines is 1. The van der Waals surface area contributed by atoms with Gasteiger partial charge >= 0.3 is 0 Å². The Morgan fingerprint density at radius 2 is 1.97 bits per heavy atom. The lowest BCUT2D eigenvalue weighted by Gasteiger charge is -2.34. The molecule has 1 saturated heterocycles. The summed E-state index contributed by atoms with van der Waals surface area (Å²) < 4.78 is 8.72. The van der Waals surface area contributed by atoms with Crippen molar-refractivity contribution in [3.05, 3.63) is 59.5 Å². The second-order valence-corrected chi connectivity index (χ2v) is 6.91. The Morgan fingerprint density at radius 1 is 1.07 bits per heavy atom. The Balaban J connectivity index is 1.22. The highest BCUT2D eigenvalue weighted by Crippen LogP contribution is 2.24. The van der Waals surface area contributed by atoms with Crippen LogP contribution in [0.25, 0.3) is 16.8 Å². The third-order valence-corrected chi connectivity index (χ3v) is 5.14. The fourth-order valence-electron chi connectivity index (χ4n) is 3.54. The summed E-state index contributed by atoms with van der Waals surface area (Å²) in [6.45, 7) is 4.66. The molecular weight excluding hydrogens is 372 g/mol. The van der Waals surface area contributed by atoms with E-state index in [0.717, 1.165) is 49.5 Å². The van der Waals surface area contributed by atoms with E-state index in [-0.39, 0.29) is 5.56 Å². The van der Waals surface area contributed by atoms with Crippen LogP contribution >= 0.6 is 0 Å². The first-order valence-electron chi connectivity index (χ1n) is 9.52. The molecule has 0 N–H and O–H groups in total. The zero-order chi connectivity index (χ0) is 19.6. The second-order valence-electron chi connectivity index (χ2n) is 6.91. The predicted octanol–water partition coefficient (Wildman–Crippen LogP) is 0.787. The summed E-state index contributed by atoms with van der Waals surface area (Å²) in [6, 6.07) is 6.93. The van der Waals surface area contributed by atoms with Crippen molar-refractivity contribution in [3.8, 4) is 5.82 Å². The fourth-order valence-corrected chi connectivity index (χ4v) is 3.54. The van der Waals surface area contributed by atoms with Crippen LogP contribution < -0.4 is 10.5 Å². The van der Waals surface area contributed by atoms with E-state index in [9.17, 15) is 4.79 Å². The van der Waals surface area contributed by atoms with E-state index in [1.807, 2.05) is 12.1 Å². The first kappa shape index (κ1) is 17.6. The molecule has 5 rings (SSSR count). The summed E-state index contributed by atoms with van der Waals surface area (Å²) in [4.78, 5) is 16.7. The third-order valence-electron chi connectivity index (χ3n) is 5.14. The molecule has 0 saturated carbocycles. The molecule has 148 valence electrons. The number of hydrogen-bond acceptors (Lipinski definition) is 8. The highest BCUT2D eigenvalue weighted by atomic mass is 16.3. The maximum atomic E-state index is 12.2. The molecule has 0 spiro atoms. The van der Waals surface area contributed by atoms with E-state index >= 15 is 0 Å². The van der Waals surface area contributed by atoms with E-state index in [0.29, 0.717) is 12.4 Å². The lowest BCUT2D eigenvalue weighted by Crippen LogP contribution is -2.48. The van der Waals surface area contributed by atoms with Gasteiger partial charge in [0.2, 0.25) is 0 Å². The van der Waals surface area contributed by atoms with E-state index in [1.165, 1.54) is 10.7 Å². The Bertz CT molecular complexity index is 1160. The van der Waals surface area contributed by atoms with E-state index in [2.05, 4.69) is 30.2 Å². The van der Waals surface area contributed by atoms with Crippen LogP contribution in [0.2, 0.25) is 0 Å². The molecule has 0 radical (unpaired) electrons. The fraction of sp³-hybridized carbons (Fsp3) is 0.316. The predicted molar refractivity (Wildman–Crippen MR) is 106 cm³/mol.